The van der Waals surface area contributed by atoms with Crippen molar-refractivity contribution in [3.8, 4) is 0 Å². The van der Waals surface area contributed by atoms with E-state index in [1.54, 1.807) is 6.20 Å². The van der Waals surface area contributed by atoms with E-state index in [-0.39, 0.29) is 0 Å². The lowest BCUT2D eigenvalue weighted by atomic mass is 10.4. The summed E-state index contributed by atoms with van der Waals surface area (Å²) >= 11 is 5.56. The predicted molar refractivity (Wildman–Crippen MR) is 43.1 cm³/mol. The fourth-order valence-electron chi connectivity index (χ4n) is 0.384. The molecule has 0 spiro atoms. The monoisotopic (exact) mass is 158 g/mol. The lowest BCUT2D eigenvalue weighted by molar-refractivity contribution is 1.13. The van der Waals surface area contributed by atoms with Crippen molar-refractivity contribution in [2.75, 3.05) is 0 Å². The highest BCUT2D eigenvalue weighted by atomic mass is 35.5. The Balaban J connectivity index is 0.000000371. The zero-order chi connectivity index (χ0) is 7.98. The maximum Gasteiger partial charge on any atom is 0.135 e. The smallest absolute Gasteiger partial charge is 0.135 e. The number of rotatable bonds is 0. The van der Waals surface area contributed by atoms with Crippen LogP contribution in [-0.4, -0.2) is 9.97 Å². The molecule has 0 fully saturated rings. The Morgan fingerprint density at radius 3 is 2.30 bits per heavy atom. The Bertz CT molecular complexity index is 168. The number of halogens is 1. The van der Waals surface area contributed by atoms with Crippen LogP contribution in [0.1, 0.15) is 19.4 Å². The molecule has 0 saturated carbocycles. The van der Waals surface area contributed by atoms with Crippen LogP contribution in [0.15, 0.2) is 12.5 Å². The molecule has 0 radical (unpaired) electrons. The third-order valence-corrected chi connectivity index (χ3v) is 1.23. The third-order valence-electron chi connectivity index (χ3n) is 0.831. The van der Waals surface area contributed by atoms with E-state index in [0.29, 0.717) is 5.15 Å². The molecule has 1 aromatic heterocycles. The van der Waals surface area contributed by atoms with Gasteiger partial charge in [0, 0.05) is 11.8 Å². The fraction of sp³-hybridized carbons (Fsp3) is 0.429. The molecule has 0 saturated heterocycles. The van der Waals surface area contributed by atoms with E-state index < -0.39 is 0 Å². The minimum atomic E-state index is 0.528. The van der Waals surface area contributed by atoms with Crippen LogP contribution >= 0.6 is 11.6 Å². The first kappa shape index (κ1) is 9.37. The second-order valence-electron chi connectivity index (χ2n) is 1.50. The summed E-state index contributed by atoms with van der Waals surface area (Å²) in [6, 6.07) is 0. The Kier molecular flexibility index (Phi) is 4.85. The van der Waals surface area contributed by atoms with Crippen LogP contribution < -0.4 is 0 Å². The molecule has 1 aromatic rings. The molecule has 0 unspecified atom stereocenters. The molecule has 56 valence electrons. The van der Waals surface area contributed by atoms with Crippen LogP contribution in [-0.2, 0) is 0 Å². The molecule has 0 N–H and O–H groups in total. The molecular weight excluding hydrogens is 148 g/mol. The van der Waals surface area contributed by atoms with Crippen LogP contribution in [0.25, 0.3) is 0 Å². The molecule has 2 nitrogen and oxygen atoms in total. The van der Waals surface area contributed by atoms with Gasteiger partial charge in [0.05, 0.1) is 0 Å². The van der Waals surface area contributed by atoms with Gasteiger partial charge in [-0.05, 0) is 6.92 Å². The van der Waals surface area contributed by atoms with Crippen molar-refractivity contribution in [1.29, 1.82) is 0 Å². The van der Waals surface area contributed by atoms with Crippen LogP contribution in [0.5, 0.6) is 0 Å². The van der Waals surface area contributed by atoms with Gasteiger partial charge in [0.2, 0.25) is 0 Å². The lowest BCUT2D eigenvalue weighted by Gasteiger charge is -1.89. The van der Waals surface area contributed by atoms with Crippen molar-refractivity contribution in [3.05, 3.63) is 23.2 Å². The van der Waals surface area contributed by atoms with E-state index in [1.165, 1.54) is 6.33 Å². The second-order valence-corrected chi connectivity index (χ2v) is 1.85. The van der Waals surface area contributed by atoms with Crippen molar-refractivity contribution < 1.29 is 0 Å². The summed E-state index contributed by atoms with van der Waals surface area (Å²) in [6.07, 6.45) is 3.10. The molecule has 0 amide bonds. The predicted octanol–water partition coefficient (Wildman–Crippen LogP) is 2.46. The number of aryl methyl sites for hydroxylation is 1. The van der Waals surface area contributed by atoms with Crippen LogP contribution in [0.3, 0.4) is 0 Å². The van der Waals surface area contributed by atoms with Crippen molar-refractivity contribution in [3.63, 3.8) is 0 Å². The van der Waals surface area contributed by atoms with Gasteiger partial charge in [0.1, 0.15) is 11.5 Å². The summed E-state index contributed by atoms with van der Waals surface area (Å²) in [5.74, 6) is 0. The van der Waals surface area contributed by atoms with Gasteiger partial charge in [-0.3, -0.25) is 0 Å². The lowest BCUT2D eigenvalue weighted by Crippen LogP contribution is -1.80. The molecule has 0 aliphatic carbocycles. The second kappa shape index (κ2) is 5.18. The number of hydrogen-bond acceptors (Lipinski definition) is 2. The Labute approximate surface area is 66.3 Å². The minimum Gasteiger partial charge on any atom is -0.244 e. The quantitative estimate of drug-likeness (QED) is 0.542. The summed E-state index contributed by atoms with van der Waals surface area (Å²) in [5, 5.41) is 0.528. The van der Waals surface area contributed by atoms with E-state index in [9.17, 15) is 0 Å². The molecule has 0 bridgehead atoms. The molecule has 0 atom stereocenters. The van der Waals surface area contributed by atoms with Gasteiger partial charge in [0.15, 0.2) is 0 Å². The average molecular weight is 159 g/mol. The van der Waals surface area contributed by atoms with Crippen molar-refractivity contribution in [1.82, 2.24) is 9.97 Å². The summed E-state index contributed by atoms with van der Waals surface area (Å²) in [4.78, 5) is 7.48. The molecule has 10 heavy (non-hydrogen) atoms. The Morgan fingerprint density at radius 1 is 1.40 bits per heavy atom. The summed E-state index contributed by atoms with van der Waals surface area (Å²) in [7, 11) is 0. The van der Waals surface area contributed by atoms with E-state index in [1.807, 2.05) is 20.8 Å². The van der Waals surface area contributed by atoms with E-state index in [4.69, 9.17) is 11.6 Å². The van der Waals surface area contributed by atoms with E-state index in [0.717, 1.165) is 5.56 Å². The highest BCUT2D eigenvalue weighted by Gasteiger charge is 1.89. The third kappa shape index (κ3) is 2.78. The van der Waals surface area contributed by atoms with Gasteiger partial charge in [-0.2, -0.15) is 0 Å². The molecule has 0 aliphatic rings. The number of nitrogens with zero attached hydrogens (tertiary/aromatic N) is 2. The van der Waals surface area contributed by atoms with Crippen molar-refractivity contribution >= 4 is 11.6 Å². The average Bonchev–Trinajstić information content (AvgIpc) is 2.00. The molecule has 0 aliphatic heterocycles. The Hall–Kier alpha value is -0.630. The van der Waals surface area contributed by atoms with Gasteiger partial charge in [0.25, 0.3) is 0 Å². The normalized spacial score (nSPS) is 8.00. The zero-order valence-electron chi connectivity index (χ0n) is 6.43. The van der Waals surface area contributed by atoms with Crippen LogP contribution in [0.4, 0.5) is 0 Å². The molecule has 1 heterocycles. The van der Waals surface area contributed by atoms with Crippen LogP contribution in [0, 0.1) is 6.92 Å². The maximum atomic E-state index is 5.56. The van der Waals surface area contributed by atoms with Gasteiger partial charge < -0.3 is 0 Å². The first-order chi connectivity index (χ1) is 4.80. The van der Waals surface area contributed by atoms with Crippen molar-refractivity contribution in [2.45, 2.75) is 20.8 Å². The molecule has 0 aromatic carbocycles. The summed E-state index contributed by atoms with van der Waals surface area (Å²) in [5.41, 5.74) is 0.911. The maximum absolute atomic E-state index is 5.56. The minimum absolute atomic E-state index is 0.528. The van der Waals surface area contributed by atoms with Gasteiger partial charge in [-0.1, -0.05) is 25.4 Å². The molecule has 1 rings (SSSR count). The standard InChI is InChI=1S/C5H5ClN2.C2H6/c1-4-2-7-3-8-5(4)6;1-2/h2-3H,1H3;1-2H3. The number of aromatic nitrogens is 2. The summed E-state index contributed by atoms with van der Waals surface area (Å²) in [6.45, 7) is 5.86. The van der Waals surface area contributed by atoms with E-state index in [2.05, 4.69) is 9.97 Å². The molecule has 3 heteroatoms. The van der Waals surface area contributed by atoms with Gasteiger partial charge >= 0.3 is 0 Å². The molecular formula is C7H11ClN2. The number of hydrogen-bond donors (Lipinski definition) is 0. The van der Waals surface area contributed by atoms with Crippen LogP contribution in [0.2, 0.25) is 5.15 Å². The first-order valence-electron chi connectivity index (χ1n) is 3.23. The van der Waals surface area contributed by atoms with Gasteiger partial charge in [-0.25, -0.2) is 9.97 Å². The first-order valence-corrected chi connectivity index (χ1v) is 3.60. The van der Waals surface area contributed by atoms with Gasteiger partial charge in [-0.15, -0.1) is 0 Å². The topological polar surface area (TPSA) is 25.8 Å². The highest BCUT2D eigenvalue weighted by Crippen LogP contribution is 2.06. The SMILES string of the molecule is CC.Cc1cncnc1Cl. The Morgan fingerprint density at radius 2 is 2.00 bits per heavy atom. The zero-order valence-corrected chi connectivity index (χ0v) is 7.18. The largest absolute Gasteiger partial charge is 0.244 e. The summed E-state index contributed by atoms with van der Waals surface area (Å²) < 4.78 is 0. The fourth-order valence-corrected chi connectivity index (χ4v) is 0.477. The van der Waals surface area contributed by atoms with E-state index >= 15 is 0 Å². The van der Waals surface area contributed by atoms with Crippen molar-refractivity contribution in [2.24, 2.45) is 0 Å². The highest BCUT2D eigenvalue weighted by molar-refractivity contribution is 6.30.